The molecular formula is C17H15F3N2O2S. The Morgan fingerprint density at radius 3 is 2.52 bits per heavy atom. The van der Waals surface area contributed by atoms with Gasteiger partial charge in [-0.05, 0) is 29.8 Å². The molecule has 0 saturated carbocycles. The summed E-state index contributed by atoms with van der Waals surface area (Å²) in [4.78, 5) is 4.28. The maximum atomic E-state index is 12.6. The van der Waals surface area contributed by atoms with Crippen LogP contribution in [0.5, 0.6) is 0 Å². The number of halogens is 3. The van der Waals surface area contributed by atoms with Crippen LogP contribution in [-0.2, 0) is 25.1 Å². The molecule has 0 aliphatic rings. The van der Waals surface area contributed by atoms with Crippen LogP contribution in [-0.4, -0.2) is 14.7 Å². The number of hydrogen-bond donors (Lipinski definition) is 1. The fourth-order valence-electron chi connectivity index (χ4n) is 2.30. The lowest BCUT2D eigenvalue weighted by Gasteiger charge is -2.10. The largest absolute Gasteiger partial charge is 0.467 e. The highest BCUT2D eigenvalue weighted by Gasteiger charge is 2.29. The molecule has 3 rings (SSSR count). The molecule has 8 heteroatoms. The maximum absolute atomic E-state index is 12.6. The number of furan rings is 1. The van der Waals surface area contributed by atoms with Gasteiger partial charge in [-0.25, -0.2) is 4.98 Å². The first-order chi connectivity index (χ1) is 12.0. The third kappa shape index (κ3) is 4.26. The Morgan fingerprint density at radius 2 is 1.92 bits per heavy atom. The highest BCUT2D eigenvalue weighted by atomic mass is 32.2. The minimum Gasteiger partial charge on any atom is -0.467 e. The molecule has 2 aromatic heterocycles. The van der Waals surface area contributed by atoms with E-state index >= 15 is 0 Å². The summed E-state index contributed by atoms with van der Waals surface area (Å²) in [6.45, 7) is 0.271. The van der Waals surface area contributed by atoms with Crippen molar-refractivity contribution in [3.8, 4) is 0 Å². The van der Waals surface area contributed by atoms with Gasteiger partial charge in [0.05, 0.1) is 36.9 Å². The predicted molar refractivity (Wildman–Crippen MR) is 87.0 cm³/mol. The van der Waals surface area contributed by atoms with Crippen LogP contribution in [0.3, 0.4) is 0 Å². The molecule has 132 valence electrons. The van der Waals surface area contributed by atoms with Gasteiger partial charge in [0.15, 0.2) is 5.16 Å². The second-order valence-electron chi connectivity index (χ2n) is 5.34. The van der Waals surface area contributed by atoms with Crippen molar-refractivity contribution in [1.82, 2.24) is 9.55 Å². The monoisotopic (exact) mass is 368 g/mol. The third-order valence-electron chi connectivity index (χ3n) is 3.61. The van der Waals surface area contributed by atoms with Gasteiger partial charge in [-0.3, -0.25) is 0 Å². The average molecular weight is 368 g/mol. The minimum atomic E-state index is -4.33. The molecule has 1 aromatic carbocycles. The second kappa shape index (κ2) is 7.37. The molecule has 0 radical (unpaired) electrons. The van der Waals surface area contributed by atoms with Crippen LogP contribution in [0.2, 0.25) is 0 Å². The lowest BCUT2D eigenvalue weighted by molar-refractivity contribution is -0.137. The van der Waals surface area contributed by atoms with Crippen LogP contribution < -0.4 is 0 Å². The van der Waals surface area contributed by atoms with Gasteiger partial charge in [-0.15, -0.1) is 0 Å². The van der Waals surface area contributed by atoms with Crippen molar-refractivity contribution < 1.29 is 22.7 Å². The number of benzene rings is 1. The van der Waals surface area contributed by atoms with E-state index in [4.69, 9.17) is 4.42 Å². The van der Waals surface area contributed by atoms with Gasteiger partial charge in [0.25, 0.3) is 0 Å². The smallest absolute Gasteiger partial charge is 0.416 e. The van der Waals surface area contributed by atoms with Crippen LogP contribution in [0.25, 0.3) is 0 Å². The van der Waals surface area contributed by atoms with Gasteiger partial charge >= 0.3 is 6.18 Å². The third-order valence-corrected chi connectivity index (χ3v) is 4.67. The van der Waals surface area contributed by atoms with Crippen LogP contribution in [0.15, 0.2) is 58.4 Å². The molecule has 25 heavy (non-hydrogen) atoms. The van der Waals surface area contributed by atoms with Crippen molar-refractivity contribution in [1.29, 1.82) is 0 Å². The molecule has 4 nitrogen and oxygen atoms in total. The molecule has 0 unspecified atom stereocenters. The zero-order valence-corrected chi connectivity index (χ0v) is 13.8. The van der Waals surface area contributed by atoms with Crippen LogP contribution in [0.4, 0.5) is 13.2 Å². The Morgan fingerprint density at radius 1 is 1.16 bits per heavy atom. The Labute approximate surface area is 146 Å². The van der Waals surface area contributed by atoms with Gasteiger partial charge in [0.1, 0.15) is 5.76 Å². The summed E-state index contributed by atoms with van der Waals surface area (Å²) in [5.74, 6) is 1.20. The van der Waals surface area contributed by atoms with E-state index in [2.05, 4.69) is 4.98 Å². The molecule has 0 fully saturated rings. The highest BCUT2D eigenvalue weighted by Crippen LogP contribution is 2.30. The fraction of sp³-hybridized carbons (Fsp3) is 0.235. The first-order valence-corrected chi connectivity index (χ1v) is 8.42. The van der Waals surface area contributed by atoms with Crippen molar-refractivity contribution in [2.45, 2.75) is 30.2 Å². The van der Waals surface area contributed by atoms with E-state index in [1.165, 1.54) is 23.9 Å². The zero-order valence-electron chi connectivity index (χ0n) is 13.0. The summed E-state index contributed by atoms with van der Waals surface area (Å²) in [5, 5.41) is 10.1. The first kappa shape index (κ1) is 17.6. The van der Waals surface area contributed by atoms with Gasteiger partial charge < -0.3 is 14.1 Å². The van der Waals surface area contributed by atoms with Crippen LogP contribution in [0, 0.1) is 0 Å². The molecule has 0 amide bonds. The Balaban J connectivity index is 1.72. The van der Waals surface area contributed by atoms with E-state index in [0.29, 0.717) is 23.1 Å². The molecule has 0 atom stereocenters. The first-order valence-electron chi connectivity index (χ1n) is 7.44. The van der Waals surface area contributed by atoms with Crippen molar-refractivity contribution in [3.05, 3.63) is 71.4 Å². The number of thioether (sulfide) groups is 1. The number of nitrogens with zero attached hydrogens (tertiary/aromatic N) is 2. The van der Waals surface area contributed by atoms with E-state index in [1.807, 2.05) is 10.6 Å². The summed E-state index contributed by atoms with van der Waals surface area (Å²) >= 11 is 1.39. The molecular weight excluding hydrogens is 353 g/mol. The number of aliphatic hydroxyl groups excluding tert-OH is 1. The Bertz CT molecular complexity index is 812. The van der Waals surface area contributed by atoms with Gasteiger partial charge in [0.2, 0.25) is 0 Å². The van der Waals surface area contributed by atoms with E-state index in [0.717, 1.165) is 23.5 Å². The summed E-state index contributed by atoms with van der Waals surface area (Å²) < 4.78 is 44.9. The summed E-state index contributed by atoms with van der Waals surface area (Å²) in [6.07, 6.45) is -1.18. The molecule has 1 N–H and O–H groups in total. The SMILES string of the molecule is OCc1cnc(SCc2ccc(C(F)(F)F)cc2)n1Cc1ccco1. The lowest BCUT2D eigenvalue weighted by atomic mass is 10.1. The quantitative estimate of drug-likeness (QED) is 0.658. The van der Waals surface area contributed by atoms with Crippen molar-refractivity contribution in [2.75, 3.05) is 0 Å². The number of rotatable bonds is 6. The minimum absolute atomic E-state index is 0.158. The van der Waals surface area contributed by atoms with Gasteiger partial charge in [-0.1, -0.05) is 23.9 Å². The van der Waals surface area contributed by atoms with Crippen molar-refractivity contribution in [3.63, 3.8) is 0 Å². The topological polar surface area (TPSA) is 51.2 Å². The fourth-order valence-corrected chi connectivity index (χ4v) is 3.25. The van der Waals surface area contributed by atoms with E-state index < -0.39 is 11.7 Å². The zero-order chi connectivity index (χ0) is 17.9. The van der Waals surface area contributed by atoms with Crippen LogP contribution in [0.1, 0.15) is 22.6 Å². The van der Waals surface area contributed by atoms with Crippen molar-refractivity contribution >= 4 is 11.8 Å². The maximum Gasteiger partial charge on any atom is 0.416 e. The standard InChI is InChI=1S/C17H15F3N2O2S/c18-17(19,20)13-5-3-12(4-6-13)11-25-16-21-8-14(10-23)22(16)9-15-2-1-7-24-15/h1-8,23H,9-11H2. The number of hydrogen-bond acceptors (Lipinski definition) is 4. The summed E-state index contributed by atoms with van der Waals surface area (Å²) in [6, 6.07) is 8.67. The average Bonchev–Trinajstić information content (AvgIpc) is 3.23. The molecule has 0 spiro atoms. The molecule has 0 aliphatic carbocycles. The Hall–Kier alpha value is -2.19. The highest BCUT2D eigenvalue weighted by molar-refractivity contribution is 7.98. The number of aromatic nitrogens is 2. The van der Waals surface area contributed by atoms with Gasteiger partial charge in [-0.2, -0.15) is 13.2 Å². The Kier molecular flexibility index (Phi) is 5.19. The van der Waals surface area contributed by atoms with Gasteiger partial charge in [0, 0.05) is 5.75 Å². The molecule has 2 heterocycles. The number of aliphatic hydroxyl groups is 1. The molecule has 3 aromatic rings. The molecule has 0 aliphatic heterocycles. The van der Waals surface area contributed by atoms with E-state index in [1.54, 1.807) is 18.5 Å². The predicted octanol–water partition coefficient (Wildman–Crippen LogP) is 4.33. The normalized spacial score (nSPS) is 11.8. The lowest BCUT2D eigenvalue weighted by Crippen LogP contribution is -2.06. The van der Waals surface area contributed by atoms with E-state index in [9.17, 15) is 18.3 Å². The number of alkyl halides is 3. The van der Waals surface area contributed by atoms with Crippen LogP contribution >= 0.6 is 11.8 Å². The summed E-state index contributed by atoms with van der Waals surface area (Å²) in [5.41, 5.74) is 0.741. The van der Waals surface area contributed by atoms with Crippen molar-refractivity contribution in [2.24, 2.45) is 0 Å². The molecule has 0 saturated heterocycles. The number of imidazole rings is 1. The molecule has 0 bridgehead atoms. The second-order valence-corrected chi connectivity index (χ2v) is 6.28. The van der Waals surface area contributed by atoms with E-state index in [-0.39, 0.29) is 6.61 Å². The summed E-state index contributed by atoms with van der Waals surface area (Å²) in [7, 11) is 0.